The van der Waals surface area contributed by atoms with Crippen LogP contribution in [-0.4, -0.2) is 41.7 Å². The molecule has 0 aromatic rings. The first kappa shape index (κ1) is 8.49. The van der Waals surface area contributed by atoms with E-state index in [0.29, 0.717) is 13.0 Å². The summed E-state index contributed by atoms with van der Waals surface area (Å²) in [6.07, 6.45) is 1.56. The molecule has 11 heavy (non-hydrogen) atoms. The third-order valence-electron chi connectivity index (χ3n) is 1.86. The summed E-state index contributed by atoms with van der Waals surface area (Å²) in [4.78, 5) is 12.7. The van der Waals surface area contributed by atoms with Gasteiger partial charge in [-0.25, -0.2) is 0 Å². The number of rotatable bonds is 3. The molecule has 1 atom stereocenters. The van der Waals surface area contributed by atoms with E-state index in [2.05, 4.69) is 0 Å². The van der Waals surface area contributed by atoms with Crippen LogP contribution >= 0.6 is 0 Å². The standard InChI is InChI=1S/C7H14N2O2/c8-6(5-10)4-9-3-1-2-7(9)11/h6,10H,1-5,8H2. The van der Waals surface area contributed by atoms with Crippen molar-refractivity contribution in [2.45, 2.75) is 18.9 Å². The molecule has 1 amide bonds. The van der Waals surface area contributed by atoms with E-state index >= 15 is 0 Å². The van der Waals surface area contributed by atoms with Crippen LogP contribution in [0.5, 0.6) is 0 Å². The van der Waals surface area contributed by atoms with Crippen molar-refractivity contribution in [1.29, 1.82) is 0 Å². The number of aliphatic hydroxyl groups is 1. The average molecular weight is 158 g/mol. The predicted octanol–water partition coefficient (Wildman–Crippen LogP) is -1.07. The maximum atomic E-state index is 11.0. The van der Waals surface area contributed by atoms with E-state index in [0.717, 1.165) is 13.0 Å². The van der Waals surface area contributed by atoms with E-state index in [1.165, 1.54) is 0 Å². The van der Waals surface area contributed by atoms with Crippen molar-refractivity contribution in [2.24, 2.45) is 5.73 Å². The zero-order valence-electron chi connectivity index (χ0n) is 6.49. The Morgan fingerprint density at radius 2 is 2.45 bits per heavy atom. The van der Waals surface area contributed by atoms with Gasteiger partial charge in [0.1, 0.15) is 0 Å². The lowest BCUT2D eigenvalue weighted by Crippen LogP contribution is -2.40. The van der Waals surface area contributed by atoms with Crippen LogP contribution in [0.2, 0.25) is 0 Å². The van der Waals surface area contributed by atoms with Crippen LogP contribution in [-0.2, 0) is 4.79 Å². The van der Waals surface area contributed by atoms with Gasteiger partial charge in [-0.2, -0.15) is 0 Å². The second-order valence-electron chi connectivity index (χ2n) is 2.89. The molecule has 1 rings (SSSR count). The highest BCUT2D eigenvalue weighted by Gasteiger charge is 2.21. The van der Waals surface area contributed by atoms with Crippen molar-refractivity contribution in [3.8, 4) is 0 Å². The first-order chi connectivity index (χ1) is 5.24. The monoisotopic (exact) mass is 158 g/mol. The fourth-order valence-electron chi connectivity index (χ4n) is 1.24. The van der Waals surface area contributed by atoms with Crippen molar-refractivity contribution >= 4 is 5.91 Å². The summed E-state index contributed by atoms with van der Waals surface area (Å²) in [5.41, 5.74) is 5.47. The third-order valence-corrected chi connectivity index (χ3v) is 1.86. The summed E-state index contributed by atoms with van der Waals surface area (Å²) >= 11 is 0. The van der Waals surface area contributed by atoms with Crippen LogP contribution in [0.25, 0.3) is 0 Å². The summed E-state index contributed by atoms with van der Waals surface area (Å²) < 4.78 is 0. The van der Waals surface area contributed by atoms with Gasteiger partial charge in [-0.3, -0.25) is 4.79 Å². The number of hydrogen-bond donors (Lipinski definition) is 2. The molecule has 4 nitrogen and oxygen atoms in total. The van der Waals surface area contributed by atoms with Crippen LogP contribution in [0, 0.1) is 0 Å². The summed E-state index contributed by atoms with van der Waals surface area (Å²) in [6, 6.07) is -0.281. The highest BCUT2D eigenvalue weighted by molar-refractivity contribution is 5.78. The Kier molecular flexibility index (Phi) is 2.84. The topological polar surface area (TPSA) is 66.6 Å². The smallest absolute Gasteiger partial charge is 0.222 e. The normalized spacial score (nSPS) is 20.9. The van der Waals surface area contributed by atoms with E-state index in [1.807, 2.05) is 0 Å². The molecule has 0 aliphatic carbocycles. The van der Waals surface area contributed by atoms with Gasteiger partial charge >= 0.3 is 0 Å². The molecule has 1 unspecified atom stereocenters. The van der Waals surface area contributed by atoms with Crippen molar-refractivity contribution in [1.82, 2.24) is 4.90 Å². The lowest BCUT2D eigenvalue weighted by Gasteiger charge is -2.18. The second-order valence-corrected chi connectivity index (χ2v) is 2.89. The van der Waals surface area contributed by atoms with Crippen LogP contribution in [0.1, 0.15) is 12.8 Å². The Bertz CT molecular complexity index is 149. The maximum absolute atomic E-state index is 11.0. The van der Waals surface area contributed by atoms with E-state index in [4.69, 9.17) is 10.8 Å². The summed E-state index contributed by atoms with van der Waals surface area (Å²) in [7, 11) is 0. The van der Waals surface area contributed by atoms with Gasteiger partial charge in [-0.1, -0.05) is 0 Å². The van der Waals surface area contributed by atoms with E-state index in [-0.39, 0.29) is 18.6 Å². The van der Waals surface area contributed by atoms with Crippen LogP contribution < -0.4 is 5.73 Å². The molecule has 3 N–H and O–H groups in total. The molecule has 1 fully saturated rings. The quantitative estimate of drug-likeness (QED) is 0.549. The van der Waals surface area contributed by atoms with Crippen LogP contribution in [0.3, 0.4) is 0 Å². The molecule has 1 saturated heterocycles. The van der Waals surface area contributed by atoms with E-state index in [9.17, 15) is 4.79 Å². The predicted molar refractivity (Wildman–Crippen MR) is 40.9 cm³/mol. The van der Waals surface area contributed by atoms with Gasteiger partial charge in [0.25, 0.3) is 0 Å². The minimum atomic E-state index is -0.281. The maximum Gasteiger partial charge on any atom is 0.222 e. The molecule has 1 heterocycles. The minimum absolute atomic E-state index is 0.0518. The SMILES string of the molecule is NC(CO)CN1CCCC1=O. The van der Waals surface area contributed by atoms with Crippen molar-refractivity contribution in [3.63, 3.8) is 0 Å². The van der Waals surface area contributed by atoms with Crippen molar-refractivity contribution in [3.05, 3.63) is 0 Å². The van der Waals surface area contributed by atoms with E-state index in [1.54, 1.807) is 4.90 Å². The molecule has 0 aromatic carbocycles. The zero-order valence-corrected chi connectivity index (χ0v) is 6.49. The lowest BCUT2D eigenvalue weighted by atomic mass is 10.3. The molecular weight excluding hydrogens is 144 g/mol. The highest BCUT2D eigenvalue weighted by Crippen LogP contribution is 2.08. The van der Waals surface area contributed by atoms with Crippen molar-refractivity contribution in [2.75, 3.05) is 19.7 Å². The molecule has 1 aliphatic heterocycles. The second kappa shape index (κ2) is 3.69. The average Bonchev–Trinajstić information content (AvgIpc) is 2.37. The number of aliphatic hydroxyl groups excluding tert-OH is 1. The molecule has 64 valence electrons. The van der Waals surface area contributed by atoms with Crippen molar-refractivity contribution < 1.29 is 9.90 Å². The first-order valence-corrected chi connectivity index (χ1v) is 3.88. The number of carbonyl (C=O) groups excluding carboxylic acids is 1. The molecule has 0 radical (unpaired) electrons. The number of nitrogens with zero attached hydrogens (tertiary/aromatic N) is 1. The number of nitrogens with two attached hydrogens (primary N) is 1. The largest absolute Gasteiger partial charge is 0.395 e. The Labute approximate surface area is 66.0 Å². The summed E-state index contributed by atoms with van der Waals surface area (Å²) in [5.74, 6) is 0.161. The fraction of sp³-hybridized carbons (Fsp3) is 0.857. The molecule has 0 saturated carbocycles. The summed E-state index contributed by atoms with van der Waals surface area (Å²) in [6.45, 7) is 1.24. The molecule has 0 bridgehead atoms. The van der Waals surface area contributed by atoms with Crippen LogP contribution in [0.15, 0.2) is 0 Å². The van der Waals surface area contributed by atoms with Gasteiger partial charge in [-0.15, -0.1) is 0 Å². The lowest BCUT2D eigenvalue weighted by molar-refractivity contribution is -0.128. The number of likely N-dealkylation sites (tertiary alicyclic amines) is 1. The molecular formula is C7H14N2O2. The zero-order chi connectivity index (χ0) is 8.27. The Balaban J connectivity index is 2.30. The van der Waals surface area contributed by atoms with E-state index < -0.39 is 0 Å². The van der Waals surface area contributed by atoms with Gasteiger partial charge in [-0.05, 0) is 6.42 Å². The fourth-order valence-corrected chi connectivity index (χ4v) is 1.24. The van der Waals surface area contributed by atoms with Gasteiger partial charge in [0.15, 0.2) is 0 Å². The van der Waals surface area contributed by atoms with Gasteiger partial charge in [0.05, 0.1) is 6.61 Å². The Morgan fingerprint density at radius 1 is 1.73 bits per heavy atom. The Morgan fingerprint density at radius 3 is 2.91 bits per heavy atom. The minimum Gasteiger partial charge on any atom is -0.395 e. The van der Waals surface area contributed by atoms with Gasteiger partial charge in [0.2, 0.25) is 5.91 Å². The van der Waals surface area contributed by atoms with Gasteiger partial charge < -0.3 is 15.7 Å². The molecule has 0 spiro atoms. The highest BCUT2D eigenvalue weighted by atomic mass is 16.3. The molecule has 1 aliphatic rings. The summed E-state index contributed by atoms with van der Waals surface area (Å²) in [5, 5.41) is 8.62. The van der Waals surface area contributed by atoms with Gasteiger partial charge in [0, 0.05) is 25.6 Å². The number of amides is 1. The molecule has 0 aromatic heterocycles. The molecule has 4 heteroatoms. The number of hydrogen-bond acceptors (Lipinski definition) is 3. The Hall–Kier alpha value is -0.610. The third kappa shape index (κ3) is 2.17. The first-order valence-electron chi connectivity index (χ1n) is 3.88. The van der Waals surface area contributed by atoms with Crippen LogP contribution in [0.4, 0.5) is 0 Å². The number of carbonyl (C=O) groups is 1.